The highest BCUT2D eigenvalue weighted by molar-refractivity contribution is 7.80. The summed E-state index contributed by atoms with van der Waals surface area (Å²) < 4.78 is 0. The van der Waals surface area contributed by atoms with Crippen LogP contribution in [0.5, 0.6) is 0 Å². The first-order valence-corrected chi connectivity index (χ1v) is 6.65. The number of nitrogens with two attached hydrogens (primary N) is 1. The van der Waals surface area contributed by atoms with Gasteiger partial charge in [0.1, 0.15) is 0 Å². The molecule has 1 rings (SSSR count). The molecule has 0 saturated carbocycles. The van der Waals surface area contributed by atoms with Crippen molar-refractivity contribution in [3.8, 4) is 0 Å². The normalized spacial score (nSPS) is 10.8. The molecule has 2 N–H and O–H groups in total. The van der Waals surface area contributed by atoms with E-state index in [1.165, 1.54) is 11.1 Å². The molecule has 2 nitrogen and oxygen atoms in total. The van der Waals surface area contributed by atoms with Gasteiger partial charge in [0, 0.05) is 19.5 Å². The molecule has 0 unspecified atom stereocenters. The second-order valence-corrected chi connectivity index (χ2v) is 4.78. The molecular weight excluding hydrogens is 228 g/mol. The van der Waals surface area contributed by atoms with Crippen molar-refractivity contribution in [3.05, 3.63) is 35.4 Å². The summed E-state index contributed by atoms with van der Waals surface area (Å²) in [5, 5.41) is 0. The van der Waals surface area contributed by atoms with Crippen molar-refractivity contribution in [3.63, 3.8) is 0 Å². The summed E-state index contributed by atoms with van der Waals surface area (Å²) in [6.45, 7) is 7.29. The molecule has 0 atom stereocenters. The highest BCUT2D eigenvalue weighted by atomic mass is 32.1. The average molecular weight is 250 g/mol. The van der Waals surface area contributed by atoms with Gasteiger partial charge in [0.25, 0.3) is 0 Å². The Labute approximate surface area is 110 Å². The molecule has 0 spiro atoms. The highest BCUT2D eigenvalue weighted by Gasteiger charge is 2.04. The van der Waals surface area contributed by atoms with Gasteiger partial charge in [-0.15, -0.1) is 0 Å². The second kappa shape index (κ2) is 7.41. The van der Waals surface area contributed by atoms with Crippen LogP contribution in [0.2, 0.25) is 0 Å². The molecule has 3 heteroatoms. The molecule has 1 aromatic carbocycles. The SMILES string of the molecule is CCc1ccc(CN(CC)CCC(N)=S)cc1. The number of nitrogens with zero attached hydrogens (tertiary/aromatic N) is 1. The summed E-state index contributed by atoms with van der Waals surface area (Å²) in [5.74, 6) is 0. The van der Waals surface area contributed by atoms with E-state index in [4.69, 9.17) is 18.0 Å². The van der Waals surface area contributed by atoms with Crippen molar-refractivity contribution in [2.75, 3.05) is 13.1 Å². The molecule has 0 aliphatic rings. The van der Waals surface area contributed by atoms with Gasteiger partial charge >= 0.3 is 0 Å². The minimum absolute atomic E-state index is 0.602. The third-order valence-corrected chi connectivity index (χ3v) is 3.16. The van der Waals surface area contributed by atoms with Gasteiger partial charge in [-0.2, -0.15) is 0 Å². The average Bonchev–Trinajstić information content (AvgIpc) is 2.35. The predicted molar refractivity (Wildman–Crippen MR) is 78.2 cm³/mol. The molecule has 0 radical (unpaired) electrons. The monoisotopic (exact) mass is 250 g/mol. The van der Waals surface area contributed by atoms with E-state index in [1.54, 1.807) is 0 Å². The van der Waals surface area contributed by atoms with Crippen molar-refractivity contribution in [2.45, 2.75) is 33.2 Å². The lowest BCUT2D eigenvalue weighted by atomic mass is 10.1. The summed E-state index contributed by atoms with van der Waals surface area (Å²) in [6, 6.07) is 8.83. The summed E-state index contributed by atoms with van der Waals surface area (Å²) in [6.07, 6.45) is 1.90. The van der Waals surface area contributed by atoms with Crippen LogP contribution in [0.15, 0.2) is 24.3 Å². The lowest BCUT2D eigenvalue weighted by Crippen LogP contribution is -2.27. The Morgan fingerprint density at radius 3 is 2.24 bits per heavy atom. The largest absolute Gasteiger partial charge is 0.393 e. The van der Waals surface area contributed by atoms with E-state index in [0.717, 1.165) is 32.5 Å². The Hall–Kier alpha value is -0.930. The number of aryl methyl sites for hydroxylation is 1. The molecule has 0 aliphatic carbocycles. The van der Waals surface area contributed by atoms with Gasteiger partial charge in [-0.05, 0) is 24.1 Å². The molecule has 1 aromatic rings. The summed E-state index contributed by atoms with van der Waals surface area (Å²) in [7, 11) is 0. The summed E-state index contributed by atoms with van der Waals surface area (Å²) in [5.41, 5.74) is 8.27. The topological polar surface area (TPSA) is 29.3 Å². The van der Waals surface area contributed by atoms with Crippen molar-refractivity contribution in [2.24, 2.45) is 5.73 Å². The van der Waals surface area contributed by atoms with Crippen molar-refractivity contribution in [1.29, 1.82) is 0 Å². The zero-order valence-electron chi connectivity index (χ0n) is 10.8. The molecule has 0 aliphatic heterocycles. The van der Waals surface area contributed by atoms with E-state index >= 15 is 0 Å². The van der Waals surface area contributed by atoms with Crippen LogP contribution in [0, 0.1) is 0 Å². The second-order valence-electron chi connectivity index (χ2n) is 4.26. The zero-order valence-corrected chi connectivity index (χ0v) is 11.6. The van der Waals surface area contributed by atoms with E-state index < -0.39 is 0 Å². The maximum atomic E-state index is 5.53. The van der Waals surface area contributed by atoms with Gasteiger partial charge in [-0.1, -0.05) is 50.3 Å². The zero-order chi connectivity index (χ0) is 12.7. The van der Waals surface area contributed by atoms with Crippen LogP contribution in [-0.4, -0.2) is 23.0 Å². The Bertz CT molecular complexity index is 346. The van der Waals surface area contributed by atoms with Crippen LogP contribution in [0.4, 0.5) is 0 Å². The standard InChI is InChI=1S/C14H22N2S/c1-3-12-5-7-13(8-6-12)11-16(4-2)10-9-14(15)17/h5-8H,3-4,9-11H2,1-2H3,(H2,15,17). The van der Waals surface area contributed by atoms with Crippen LogP contribution in [0.3, 0.4) is 0 Å². The fourth-order valence-electron chi connectivity index (χ4n) is 1.76. The van der Waals surface area contributed by atoms with Crippen LogP contribution >= 0.6 is 12.2 Å². The quantitative estimate of drug-likeness (QED) is 0.755. The van der Waals surface area contributed by atoms with E-state index in [1.807, 2.05) is 0 Å². The fraction of sp³-hybridized carbons (Fsp3) is 0.500. The Balaban J connectivity index is 2.51. The smallest absolute Gasteiger partial charge is 0.0740 e. The van der Waals surface area contributed by atoms with Crippen molar-refractivity contribution < 1.29 is 0 Å². The number of rotatable bonds is 7. The third kappa shape index (κ3) is 5.29. The molecule has 0 amide bonds. The van der Waals surface area contributed by atoms with Gasteiger partial charge in [-0.3, -0.25) is 4.90 Å². The maximum Gasteiger partial charge on any atom is 0.0740 e. The third-order valence-electron chi connectivity index (χ3n) is 2.96. The first kappa shape index (κ1) is 14.1. The van der Waals surface area contributed by atoms with Gasteiger partial charge < -0.3 is 5.73 Å². The van der Waals surface area contributed by atoms with E-state index in [2.05, 4.69) is 43.0 Å². The molecule has 0 saturated heterocycles. The number of hydrogen-bond donors (Lipinski definition) is 1. The van der Waals surface area contributed by atoms with Gasteiger partial charge in [-0.25, -0.2) is 0 Å². The van der Waals surface area contributed by atoms with Crippen LogP contribution in [0.1, 0.15) is 31.4 Å². The highest BCUT2D eigenvalue weighted by Crippen LogP contribution is 2.08. The van der Waals surface area contributed by atoms with E-state index in [9.17, 15) is 0 Å². The minimum atomic E-state index is 0.602. The van der Waals surface area contributed by atoms with E-state index in [0.29, 0.717) is 4.99 Å². The molecule has 0 bridgehead atoms. The maximum absolute atomic E-state index is 5.53. The molecular formula is C14H22N2S. The summed E-state index contributed by atoms with van der Waals surface area (Å²) in [4.78, 5) is 2.96. The Kier molecular flexibility index (Phi) is 6.16. The molecule has 0 aromatic heterocycles. The first-order chi connectivity index (χ1) is 8.15. The first-order valence-electron chi connectivity index (χ1n) is 6.24. The lowest BCUT2D eigenvalue weighted by molar-refractivity contribution is 0.288. The van der Waals surface area contributed by atoms with Gasteiger partial charge in [0.15, 0.2) is 0 Å². The van der Waals surface area contributed by atoms with E-state index in [-0.39, 0.29) is 0 Å². The summed E-state index contributed by atoms with van der Waals surface area (Å²) >= 11 is 4.91. The lowest BCUT2D eigenvalue weighted by Gasteiger charge is -2.20. The fourth-order valence-corrected chi connectivity index (χ4v) is 1.85. The van der Waals surface area contributed by atoms with Crippen molar-refractivity contribution in [1.82, 2.24) is 4.90 Å². The minimum Gasteiger partial charge on any atom is -0.393 e. The van der Waals surface area contributed by atoms with Gasteiger partial charge in [0.2, 0.25) is 0 Å². The van der Waals surface area contributed by atoms with Crippen LogP contribution in [0.25, 0.3) is 0 Å². The molecule has 0 fully saturated rings. The van der Waals surface area contributed by atoms with Crippen LogP contribution in [-0.2, 0) is 13.0 Å². The molecule has 0 heterocycles. The molecule has 17 heavy (non-hydrogen) atoms. The Morgan fingerprint density at radius 1 is 1.18 bits per heavy atom. The number of thiocarbonyl (C=S) groups is 1. The van der Waals surface area contributed by atoms with Crippen molar-refractivity contribution >= 4 is 17.2 Å². The number of benzene rings is 1. The molecule has 94 valence electrons. The Morgan fingerprint density at radius 2 is 1.76 bits per heavy atom. The number of hydrogen-bond acceptors (Lipinski definition) is 2. The predicted octanol–water partition coefficient (Wildman–Crippen LogP) is 2.75. The van der Waals surface area contributed by atoms with Gasteiger partial charge in [0.05, 0.1) is 4.99 Å². The van der Waals surface area contributed by atoms with Crippen LogP contribution < -0.4 is 5.73 Å².